The highest BCUT2D eigenvalue weighted by molar-refractivity contribution is 6.84. The topological polar surface area (TPSA) is 127 Å². The Bertz CT molecular complexity index is 1490. The number of rotatable bonds is 6. The summed E-state index contributed by atoms with van der Waals surface area (Å²) in [4.78, 5) is 40.9. The lowest BCUT2D eigenvalue weighted by Gasteiger charge is -2.51. The van der Waals surface area contributed by atoms with E-state index >= 15 is 4.39 Å². The van der Waals surface area contributed by atoms with Gasteiger partial charge in [0.1, 0.15) is 30.0 Å². The standard InChI is InChI=1S/C33H54FN5O7Si2/c1-19(2)47(20(3)4)42-16-23-25(15-24(34)27(23)45-48(46-47,21(5)6)22(7)8)38-18-37-26-28(38)35-17-36-29(26)39(30(40)43-32(9,10)11)31(41)44-33(12,13)14/h15,17-24,27H,16H2,1-14H3/t23-,24+,27+/m0/s1. The second kappa shape index (κ2) is 13.5. The van der Waals surface area contributed by atoms with Crippen molar-refractivity contribution in [2.75, 3.05) is 11.5 Å². The van der Waals surface area contributed by atoms with Crippen molar-refractivity contribution in [2.24, 2.45) is 5.92 Å². The Morgan fingerprint density at radius 2 is 1.40 bits per heavy atom. The first-order chi connectivity index (χ1) is 22.0. The van der Waals surface area contributed by atoms with Crippen LogP contribution in [-0.2, 0) is 22.4 Å². The maximum Gasteiger partial charge on any atom is 0.425 e. The first kappa shape index (κ1) is 38.1. The molecule has 15 heteroatoms. The number of carbonyl (C=O) groups excluding carboxylic acids is 2. The summed E-state index contributed by atoms with van der Waals surface area (Å²) >= 11 is 0. The van der Waals surface area contributed by atoms with E-state index in [2.05, 4.69) is 70.3 Å². The zero-order valence-electron chi connectivity index (χ0n) is 31.0. The van der Waals surface area contributed by atoms with Gasteiger partial charge in [0.2, 0.25) is 0 Å². The van der Waals surface area contributed by atoms with Gasteiger partial charge in [-0.3, -0.25) is 4.57 Å². The van der Waals surface area contributed by atoms with Gasteiger partial charge in [0.25, 0.3) is 0 Å². The predicted octanol–water partition coefficient (Wildman–Crippen LogP) is 8.27. The molecule has 48 heavy (non-hydrogen) atoms. The van der Waals surface area contributed by atoms with E-state index in [0.29, 0.717) is 5.70 Å². The molecule has 0 N–H and O–H groups in total. The van der Waals surface area contributed by atoms with E-state index in [1.54, 1.807) is 46.1 Å². The van der Waals surface area contributed by atoms with Gasteiger partial charge in [0.05, 0.1) is 6.10 Å². The van der Waals surface area contributed by atoms with Crippen LogP contribution in [0.3, 0.4) is 0 Å². The molecule has 1 fully saturated rings. The Kier molecular flexibility index (Phi) is 10.7. The monoisotopic (exact) mass is 707 g/mol. The molecule has 3 atom stereocenters. The molecule has 4 rings (SSSR count). The zero-order valence-corrected chi connectivity index (χ0v) is 33.0. The maximum atomic E-state index is 16.3. The fourth-order valence-electron chi connectivity index (χ4n) is 6.54. The second-order valence-electron chi connectivity index (χ2n) is 16.0. The highest BCUT2D eigenvalue weighted by Gasteiger charge is 2.60. The minimum atomic E-state index is -3.06. The van der Waals surface area contributed by atoms with E-state index in [1.165, 1.54) is 18.7 Å². The molecule has 0 unspecified atom stereocenters. The van der Waals surface area contributed by atoms with Gasteiger partial charge in [-0.1, -0.05) is 55.4 Å². The smallest absolute Gasteiger partial charge is 0.425 e. The van der Waals surface area contributed by atoms with Crippen molar-refractivity contribution in [3.8, 4) is 0 Å². The Balaban J connectivity index is 1.85. The maximum absolute atomic E-state index is 16.3. The number of halogens is 1. The molecule has 1 aliphatic heterocycles. The molecule has 2 aromatic heterocycles. The molecule has 0 bridgehead atoms. The van der Waals surface area contributed by atoms with Gasteiger partial charge in [-0.2, -0.15) is 4.90 Å². The molecule has 3 heterocycles. The molecular formula is C33H54FN5O7Si2. The minimum Gasteiger partial charge on any atom is -0.443 e. The molecule has 2 amide bonds. The highest BCUT2D eigenvalue weighted by atomic mass is 28.5. The van der Waals surface area contributed by atoms with Gasteiger partial charge < -0.3 is 22.4 Å². The SMILES string of the molecule is CC(C)[Si]1(C(C)C)OC[C@H]2C(n3cnc4c(N(C(=O)OC(C)(C)C)C(=O)OC(C)(C)C)ncnc43)=C[C@@H](F)[C@@H]2O[Si](C(C)C)(C(C)C)O1. The number of hydrogen-bond acceptors (Lipinski definition) is 10. The normalized spacial score (nSPS) is 22.9. The number of carbonyl (C=O) groups is 2. The lowest BCUT2D eigenvalue weighted by molar-refractivity contribution is 0.0171. The van der Waals surface area contributed by atoms with Crippen LogP contribution in [0, 0.1) is 5.92 Å². The molecule has 0 saturated carbocycles. The number of hydrogen-bond donors (Lipinski definition) is 0. The highest BCUT2D eigenvalue weighted by Crippen LogP contribution is 2.49. The number of imidazole rings is 1. The van der Waals surface area contributed by atoms with Crippen molar-refractivity contribution < 1.29 is 36.4 Å². The van der Waals surface area contributed by atoms with Crippen LogP contribution in [0.4, 0.5) is 19.8 Å². The van der Waals surface area contributed by atoms with Gasteiger partial charge in [-0.15, -0.1) is 0 Å². The van der Waals surface area contributed by atoms with Crippen LogP contribution in [-0.4, -0.2) is 78.9 Å². The Morgan fingerprint density at radius 1 is 0.875 bits per heavy atom. The van der Waals surface area contributed by atoms with E-state index in [1.807, 2.05) is 0 Å². The van der Waals surface area contributed by atoms with Gasteiger partial charge in [0, 0.05) is 18.2 Å². The third-order valence-corrected chi connectivity index (χ3v) is 19.0. The van der Waals surface area contributed by atoms with Gasteiger partial charge in [0.15, 0.2) is 17.0 Å². The molecule has 0 aromatic carbocycles. The van der Waals surface area contributed by atoms with Crippen LogP contribution >= 0.6 is 0 Å². The summed E-state index contributed by atoms with van der Waals surface area (Å²) < 4.78 is 50.2. The number of amides is 2. The largest absolute Gasteiger partial charge is 0.443 e. The first-order valence-corrected chi connectivity index (χ1v) is 20.8. The summed E-state index contributed by atoms with van der Waals surface area (Å²) in [6.45, 7) is 27.3. The average molecular weight is 708 g/mol. The van der Waals surface area contributed by atoms with Crippen molar-refractivity contribution in [3.05, 3.63) is 18.7 Å². The first-order valence-electron chi connectivity index (χ1n) is 16.9. The summed E-state index contributed by atoms with van der Waals surface area (Å²) in [6.07, 6.45) is -0.0168. The molecule has 0 radical (unpaired) electrons. The molecule has 268 valence electrons. The van der Waals surface area contributed by atoms with E-state index < -0.39 is 58.7 Å². The minimum absolute atomic E-state index is 0.0385. The van der Waals surface area contributed by atoms with Crippen LogP contribution in [0.5, 0.6) is 0 Å². The zero-order chi connectivity index (χ0) is 36.1. The van der Waals surface area contributed by atoms with E-state index in [9.17, 15) is 9.59 Å². The average Bonchev–Trinajstić information content (AvgIpc) is 3.46. The quantitative estimate of drug-likeness (QED) is 0.271. The fraction of sp³-hybridized carbons (Fsp3) is 0.727. The molecule has 12 nitrogen and oxygen atoms in total. The summed E-state index contributed by atoms with van der Waals surface area (Å²) in [5.41, 5.74) is -0.560. The number of aromatic nitrogens is 4. The number of ether oxygens (including phenoxy) is 2. The van der Waals surface area contributed by atoms with E-state index in [-0.39, 0.29) is 45.8 Å². The number of fused-ring (bicyclic) bond motifs is 2. The second-order valence-corrected chi connectivity index (χ2v) is 24.8. The Morgan fingerprint density at radius 3 is 1.88 bits per heavy atom. The molecular weight excluding hydrogens is 654 g/mol. The van der Waals surface area contributed by atoms with Crippen LogP contribution < -0.4 is 4.90 Å². The molecule has 2 aliphatic rings. The predicted molar refractivity (Wildman–Crippen MR) is 187 cm³/mol. The van der Waals surface area contributed by atoms with Crippen LogP contribution in [0.15, 0.2) is 18.7 Å². The number of imide groups is 1. The van der Waals surface area contributed by atoms with Crippen LogP contribution in [0.1, 0.15) is 96.9 Å². The number of nitrogens with zero attached hydrogens (tertiary/aromatic N) is 5. The fourth-order valence-corrected chi connectivity index (χ4v) is 17.8. The van der Waals surface area contributed by atoms with Crippen LogP contribution in [0.25, 0.3) is 16.9 Å². The van der Waals surface area contributed by atoms with E-state index in [0.717, 1.165) is 4.90 Å². The summed E-state index contributed by atoms with van der Waals surface area (Å²) in [7, 11) is -5.95. The number of alkyl halides is 1. The van der Waals surface area contributed by atoms with Gasteiger partial charge >= 0.3 is 29.3 Å². The van der Waals surface area contributed by atoms with Crippen molar-refractivity contribution >= 4 is 52.0 Å². The van der Waals surface area contributed by atoms with Gasteiger partial charge in [-0.25, -0.2) is 28.9 Å². The molecule has 1 aliphatic carbocycles. The number of anilines is 1. The summed E-state index contributed by atoms with van der Waals surface area (Å²) in [5.74, 6) is -0.633. The van der Waals surface area contributed by atoms with Crippen LogP contribution in [0.2, 0.25) is 22.2 Å². The van der Waals surface area contributed by atoms with Crippen molar-refractivity contribution in [1.29, 1.82) is 0 Å². The summed E-state index contributed by atoms with van der Waals surface area (Å²) in [6, 6.07) is 0. The summed E-state index contributed by atoms with van der Waals surface area (Å²) in [5, 5.41) is 0. The van der Waals surface area contributed by atoms with E-state index in [4.69, 9.17) is 22.4 Å². The Labute approximate surface area is 286 Å². The lowest BCUT2D eigenvalue weighted by Crippen LogP contribution is -2.65. The van der Waals surface area contributed by atoms with Crippen molar-refractivity contribution in [2.45, 2.75) is 143 Å². The third kappa shape index (κ3) is 7.25. The Hall–Kier alpha value is -2.73. The van der Waals surface area contributed by atoms with Crippen molar-refractivity contribution in [1.82, 2.24) is 19.5 Å². The molecule has 1 saturated heterocycles. The van der Waals surface area contributed by atoms with Gasteiger partial charge in [-0.05, 0) is 69.8 Å². The molecule has 2 aromatic rings. The molecule has 0 spiro atoms. The third-order valence-electron chi connectivity index (χ3n) is 8.72. The lowest BCUT2D eigenvalue weighted by atomic mass is 10.0. The van der Waals surface area contributed by atoms with Crippen molar-refractivity contribution in [3.63, 3.8) is 0 Å².